The highest BCUT2D eigenvalue weighted by molar-refractivity contribution is 5.54. The van der Waals surface area contributed by atoms with Crippen molar-refractivity contribution in [3.8, 4) is 0 Å². The van der Waals surface area contributed by atoms with Crippen LogP contribution in [-0.4, -0.2) is 18.2 Å². The van der Waals surface area contributed by atoms with Gasteiger partial charge in [0.15, 0.2) is 0 Å². The third kappa shape index (κ3) is 2.72. The minimum absolute atomic E-state index is 0.346. The van der Waals surface area contributed by atoms with Crippen LogP contribution in [-0.2, 0) is 0 Å². The Morgan fingerprint density at radius 1 is 1.13 bits per heavy atom. The van der Waals surface area contributed by atoms with Crippen LogP contribution in [0, 0.1) is 0 Å². The lowest BCUT2D eigenvalue weighted by Gasteiger charge is -2.25. The lowest BCUT2D eigenvalue weighted by Crippen LogP contribution is -2.23. The Bertz CT molecular complexity index is 294. The van der Waals surface area contributed by atoms with Crippen LogP contribution in [0.5, 0.6) is 0 Å². The minimum Gasteiger partial charge on any atom is -0.388 e. The van der Waals surface area contributed by atoms with Gasteiger partial charge in [-0.25, -0.2) is 0 Å². The maximum Gasteiger partial charge on any atom is 0.0807 e. The van der Waals surface area contributed by atoms with Crippen LogP contribution in [0.3, 0.4) is 0 Å². The second-order valence-electron chi connectivity index (χ2n) is 3.66. The van der Waals surface area contributed by atoms with E-state index in [1.54, 1.807) is 0 Å². The molecule has 0 saturated carbocycles. The SMILES string of the molecule is CC[C@H](O)c1ccccc1N(CC)CC. The van der Waals surface area contributed by atoms with E-state index in [0.717, 1.165) is 30.8 Å². The van der Waals surface area contributed by atoms with Crippen molar-refractivity contribution in [3.63, 3.8) is 0 Å². The summed E-state index contributed by atoms with van der Waals surface area (Å²) in [6.45, 7) is 8.23. The van der Waals surface area contributed by atoms with Gasteiger partial charge in [-0.1, -0.05) is 25.1 Å². The molecule has 1 rings (SSSR count). The smallest absolute Gasteiger partial charge is 0.0807 e. The maximum atomic E-state index is 9.92. The molecule has 84 valence electrons. The second kappa shape index (κ2) is 5.76. The molecule has 0 aliphatic rings. The molecule has 0 amide bonds. The summed E-state index contributed by atoms with van der Waals surface area (Å²) in [6, 6.07) is 8.11. The highest BCUT2D eigenvalue weighted by Gasteiger charge is 2.12. The Labute approximate surface area is 92.5 Å². The highest BCUT2D eigenvalue weighted by atomic mass is 16.3. The molecule has 15 heavy (non-hydrogen) atoms. The number of para-hydroxylation sites is 1. The number of rotatable bonds is 5. The zero-order valence-corrected chi connectivity index (χ0v) is 9.90. The number of nitrogens with zero attached hydrogens (tertiary/aromatic N) is 1. The lowest BCUT2D eigenvalue weighted by atomic mass is 10.0. The molecule has 0 heterocycles. The molecule has 2 nitrogen and oxygen atoms in total. The summed E-state index contributed by atoms with van der Waals surface area (Å²) in [4.78, 5) is 2.27. The van der Waals surface area contributed by atoms with Gasteiger partial charge in [0, 0.05) is 24.3 Å². The number of hydrogen-bond acceptors (Lipinski definition) is 2. The molecule has 2 heteroatoms. The topological polar surface area (TPSA) is 23.5 Å². The van der Waals surface area contributed by atoms with Crippen LogP contribution in [0.25, 0.3) is 0 Å². The zero-order chi connectivity index (χ0) is 11.3. The maximum absolute atomic E-state index is 9.92. The Morgan fingerprint density at radius 2 is 1.73 bits per heavy atom. The molecule has 0 unspecified atom stereocenters. The molecule has 0 aliphatic carbocycles. The van der Waals surface area contributed by atoms with E-state index in [1.807, 2.05) is 25.1 Å². The van der Waals surface area contributed by atoms with Gasteiger partial charge in [-0.3, -0.25) is 0 Å². The molecular weight excluding hydrogens is 186 g/mol. The number of aliphatic hydroxyl groups excluding tert-OH is 1. The Balaban J connectivity index is 3.04. The van der Waals surface area contributed by atoms with Gasteiger partial charge >= 0.3 is 0 Å². The van der Waals surface area contributed by atoms with Gasteiger partial charge < -0.3 is 10.0 Å². The molecular formula is C13H21NO. The number of benzene rings is 1. The summed E-state index contributed by atoms with van der Waals surface area (Å²) in [6.07, 6.45) is 0.417. The molecule has 0 aliphatic heterocycles. The second-order valence-corrected chi connectivity index (χ2v) is 3.66. The van der Waals surface area contributed by atoms with E-state index in [1.165, 1.54) is 0 Å². The van der Waals surface area contributed by atoms with Gasteiger partial charge in [0.25, 0.3) is 0 Å². The molecule has 1 N–H and O–H groups in total. The average Bonchev–Trinajstić information content (AvgIpc) is 2.30. The van der Waals surface area contributed by atoms with E-state index in [4.69, 9.17) is 0 Å². The van der Waals surface area contributed by atoms with Crippen molar-refractivity contribution in [1.29, 1.82) is 0 Å². The van der Waals surface area contributed by atoms with Crippen LogP contribution in [0.15, 0.2) is 24.3 Å². The summed E-state index contributed by atoms with van der Waals surface area (Å²) in [5.41, 5.74) is 2.21. The van der Waals surface area contributed by atoms with Gasteiger partial charge in [-0.05, 0) is 26.3 Å². The van der Waals surface area contributed by atoms with E-state index >= 15 is 0 Å². The largest absolute Gasteiger partial charge is 0.388 e. The van der Waals surface area contributed by atoms with E-state index in [9.17, 15) is 5.11 Å². The fourth-order valence-electron chi connectivity index (χ4n) is 1.84. The Hall–Kier alpha value is -1.02. The summed E-state index contributed by atoms with van der Waals surface area (Å²) < 4.78 is 0. The van der Waals surface area contributed by atoms with Crippen molar-refractivity contribution in [2.45, 2.75) is 33.3 Å². The normalized spacial score (nSPS) is 12.5. The summed E-state index contributed by atoms with van der Waals surface area (Å²) in [7, 11) is 0. The van der Waals surface area contributed by atoms with Gasteiger partial charge in [0.2, 0.25) is 0 Å². The molecule has 0 radical (unpaired) electrons. The first kappa shape index (κ1) is 12.1. The van der Waals surface area contributed by atoms with Crippen molar-refractivity contribution in [3.05, 3.63) is 29.8 Å². The lowest BCUT2D eigenvalue weighted by molar-refractivity contribution is 0.174. The Morgan fingerprint density at radius 3 is 2.27 bits per heavy atom. The van der Waals surface area contributed by atoms with Crippen molar-refractivity contribution in [1.82, 2.24) is 0 Å². The van der Waals surface area contributed by atoms with Crippen LogP contribution in [0.4, 0.5) is 5.69 Å². The standard InChI is InChI=1S/C13H21NO/c1-4-13(15)11-9-7-8-10-12(11)14(5-2)6-3/h7-10,13,15H,4-6H2,1-3H3/t13-/m0/s1. The van der Waals surface area contributed by atoms with Crippen LogP contribution in [0.1, 0.15) is 38.9 Å². The van der Waals surface area contributed by atoms with Gasteiger partial charge in [0.1, 0.15) is 0 Å². The summed E-state index contributed by atoms with van der Waals surface area (Å²) >= 11 is 0. The van der Waals surface area contributed by atoms with Gasteiger partial charge in [0.05, 0.1) is 6.10 Å². The predicted octanol–water partition coefficient (Wildman–Crippen LogP) is 2.98. The zero-order valence-electron chi connectivity index (χ0n) is 9.90. The van der Waals surface area contributed by atoms with E-state index in [2.05, 4.69) is 24.8 Å². The quantitative estimate of drug-likeness (QED) is 0.802. The minimum atomic E-state index is -0.346. The predicted molar refractivity (Wildman–Crippen MR) is 65.3 cm³/mol. The number of aliphatic hydroxyl groups is 1. The van der Waals surface area contributed by atoms with Crippen LogP contribution < -0.4 is 4.90 Å². The fourth-order valence-corrected chi connectivity index (χ4v) is 1.84. The summed E-state index contributed by atoms with van der Waals surface area (Å²) in [5.74, 6) is 0. The van der Waals surface area contributed by atoms with Crippen LogP contribution >= 0.6 is 0 Å². The van der Waals surface area contributed by atoms with E-state index in [-0.39, 0.29) is 6.10 Å². The number of anilines is 1. The van der Waals surface area contributed by atoms with Crippen LogP contribution in [0.2, 0.25) is 0 Å². The molecule has 0 spiro atoms. The number of hydrogen-bond donors (Lipinski definition) is 1. The van der Waals surface area contributed by atoms with E-state index in [0.29, 0.717) is 0 Å². The summed E-state index contributed by atoms with van der Waals surface area (Å²) in [5, 5.41) is 9.92. The fraction of sp³-hybridized carbons (Fsp3) is 0.538. The van der Waals surface area contributed by atoms with Crippen molar-refractivity contribution < 1.29 is 5.11 Å². The van der Waals surface area contributed by atoms with Gasteiger partial charge in [-0.2, -0.15) is 0 Å². The molecule has 1 aromatic rings. The molecule has 1 aromatic carbocycles. The molecule has 0 bridgehead atoms. The Kier molecular flexibility index (Phi) is 4.63. The first-order chi connectivity index (χ1) is 7.24. The third-order valence-electron chi connectivity index (χ3n) is 2.79. The first-order valence-electron chi connectivity index (χ1n) is 5.76. The first-order valence-corrected chi connectivity index (χ1v) is 5.76. The third-order valence-corrected chi connectivity index (χ3v) is 2.79. The molecule has 0 aromatic heterocycles. The van der Waals surface area contributed by atoms with E-state index < -0.39 is 0 Å². The molecule has 0 saturated heterocycles. The molecule has 1 atom stereocenters. The van der Waals surface area contributed by atoms with Crippen molar-refractivity contribution in [2.75, 3.05) is 18.0 Å². The average molecular weight is 207 g/mol. The highest BCUT2D eigenvalue weighted by Crippen LogP contribution is 2.27. The van der Waals surface area contributed by atoms with Crippen molar-refractivity contribution >= 4 is 5.69 Å². The van der Waals surface area contributed by atoms with Gasteiger partial charge in [-0.15, -0.1) is 0 Å². The molecule has 0 fully saturated rings. The van der Waals surface area contributed by atoms with Crippen molar-refractivity contribution in [2.24, 2.45) is 0 Å². The monoisotopic (exact) mass is 207 g/mol.